The van der Waals surface area contributed by atoms with Crippen molar-refractivity contribution in [2.75, 3.05) is 0 Å². The molecule has 0 saturated heterocycles. The minimum Gasteiger partial charge on any atom is -0.480 e. The molecule has 0 aliphatic rings. The highest BCUT2D eigenvalue weighted by Gasteiger charge is 2.22. The number of rotatable bonds is 6. The van der Waals surface area contributed by atoms with Crippen molar-refractivity contribution < 1.29 is 14.7 Å². The number of carbonyl (C=O) groups excluding carboxylic acids is 1. The van der Waals surface area contributed by atoms with E-state index < -0.39 is 12.0 Å². The SMILES string of the molecule is C[C@H](NC(=O)CCC(C)(C)c1ccccc1)C(=O)O. The Kier molecular flexibility index (Phi) is 5.10. The van der Waals surface area contributed by atoms with Crippen LogP contribution in [0.15, 0.2) is 30.3 Å². The van der Waals surface area contributed by atoms with E-state index >= 15 is 0 Å². The van der Waals surface area contributed by atoms with Gasteiger partial charge in [0.15, 0.2) is 0 Å². The zero-order valence-corrected chi connectivity index (χ0v) is 11.6. The molecular formula is C15H21NO3. The first-order valence-electron chi connectivity index (χ1n) is 6.40. The molecule has 0 fully saturated rings. The van der Waals surface area contributed by atoms with Crippen molar-refractivity contribution in [3.05, 3.63) is 35.9 Å². The van der Waals surface area contributed by atoms with Crippen molar-refractivity contribution >= 4 is 11.9 Å². The van der Waals surface area contributed by atoms with Gasteiger partial charge in [0.2, 0.25) is 5.91 Å². The second-order valence-electron chi connectivity index (χ2n) is 5.38. The van der Waals surface area contributed by atoms with Gasteiger partial charge in [0.1, 0.15) is 6.04 Å². The van der Waals surface area contributed by atoms with Crippen molar-refractivity contribution in [2.45, 2.75) is 45.1 Å². The maximum Gasteiger partial charge on any atom is 0.325 e. The first-order chi connectivity index (χ1) is 8.83. The van der Waals surface area contributed by atoms with Crippen LogP contribution in [0.3, 0.4) is 0 Å². The highest BCUT2D eigenvalue weighted by molar-refractivity contribution is 5.83. The highest BCUT2D eigenvalue weighted by atomic mass is 16.4. The Hall–Kier alpha value is -1.84. The van der Waals surface area contributed by atoms with Crippen LogP contribution < -0.4 is 5.32 Å². The fourth-order valence-corrected chi connectivity index (χ4v) is 1.84. The zero-order chi connectivity index (χ0) is 14.5. The Morgan fingerprint density at radius 1 is 1.26 bits per heavy atom. The molecule has 19 heavy (non-hydrogen) atoms. The van der Waals surface area contributed by atoms with Crippen molar-refractivity contribution in [3.63, 3.8) is 0 Å². The van der Waals surface area contributed by atoms with Crippen molar-refractivity contribution in [2.24, 2.45) is 0 Å². The summed E-state index contributed by atoms with van der Waals surface area (Å²) in [4.78, 5) is 22.3. The average molecular weight is 263 g/mol. The number of amides is 1. The second kappa shape index (κ2) is 6.36. The summed E-state index contributed by atoms with van der Waals surface area (Å²) in [6, 6.07) is 9.15. The summed E-state index contributed by atoms with van der Waals surface area (Å²) in [6.45, 7) is 5.62. The Balaban J connectivity index is 2.52. The maximum atomic E-state index is 11.7. The third kappa shape index (κ3) is 4.73. The molecule has 0 saturated carbocycles. The van der Waals surface area contributed by atoms with Gasteiger partial charge in [0.05, 0.1) is 0 Å². The third-order valence-corrected chi connectivity index (χ3v) is 3.28. The molecule has 0 aliphatic heterocycles. The monoisotopic (exact) mass is 263 g/mol. The first kappa shape index (κ1) is 15.2. The molecule has 0 aromatic heterocycles. The van der Waals surface area contributed by atoms with Gasteiger partial charge >= 0.3 is 5.97 Å². The number of carbonyl (C=O) groups is 2. The molecule has 0 heterocycles. The van der Waals surface area contributed by atoms with Gasteiger partial charge in [-0.3, -0.25) is 9.59 Å². The predicted octanol–water partition coefficient (Wildman–Crippen LogP) is 2.33. The van der Waals surface area contributed by atoms with Gasteiger partial charge in [-0.25, -0.2) is 0 Å². The summed E-state index contributed by atoms with van der Waals surface area (Å²) < 4.78 is 0. The molecule has 104 valence electrons. The Morgan fingerprint density at radius 2 is 1.84 bits per heavy atom. The van der Waals surface area contributed by atoms with Gasteiger partial charge in [-0.05, 0) is 24.3 Å². The van der Waals surface area contributed by atoms with E-state index in [2.05, 4.69) is 19.2 Å². The van der Waals surface area contributed by atoms with E-state index in [9.17, 15) is 9.59 Å². The molecule has 1 aromatic carbocycles. The van der Waals surface area contributed by atoms with E-state index in [1.54, 1.807) is 0 Å². The van der Waals surface area contributed by atoms with E-state index in [0.717, 1.165) is 0 Å². The van der Waals surface area contributed by atoms with Crippen LogP contribution in [0, 0.1) is 0 Å². The molecule has 4 nitrogen and oxygen atoms in total. The van der Waals surface area contributed by atoms with Gasteiger partial charge in [-0.1, -0.05) is 44.2 Å². The van der Waals surface area contributed by atoms with Gasteiger partial charge in [-0.15, -0.1) is 0 Å². The lowest BCUT2D eigenvalue weighted by molar-refractivity contribution is -0.141. The Labute approximate surface area is 113 Å². The minimum absolute atomic E-state index is 0.106. The maximum absolute atomic E-state index is 11.7. The standard InChI is InChI=1S/C15H21NO3/c1-11(14(18)19)16-13(17)9-10-15(2,3)12-7-5-4-6-8-12/h4-8,11H,9-10H2,1-3H3,(H,16,17)(H,18,19)/t11-/m0/s1. The van der Waals surface area contributed by atoms with Crippen molar-refractivity contribution in [3.8, 4) is 0 Å². The number of hydrogen-bond donors (Lipinski definition) is 2. The number of nitrogens with one attached hydrogen (secondary N) is 1. The minimum atomic E-state index is -1.02. The summed E-state index contributed by atoms with van der Waals surface area (Å²) in [5, 5.41) is 11.2. The lowest BCUT2D eigenvalue weighted by atomic mass is 9.80. The molecule has 0 unspecified atom stereocenters. The van der Waals surface area contributed by atoms with Crippen LogP contribution in [-0.2, 0) is 15.0 Å². The summed E-state index contributed by atoms with van der Waals surface area (Å²) in [5.41, 5.74) is 1.07. The highest BCUT2D eigenvalue weighted by Crippen LogP contribution is 2.27. The third-order valence-electron chi connectivity index (χ3n) is 3.28. The van der Waals surface area contributed by atoms with Crippen molar-refractivity contribution in [1.82, 2.24) is 5.32 Å². The van der Waals surface area contributed by atoms with Crippen LogP contribution >= 0.6 is 0 Å². The number of hydrogen-bond acceptors (Lipinski definition) is 2. The molecular weight excluding hydrogens is 242 g/mol. The molecule has 2 N–H and O–H groups in total. The lowest BCUT2D eigenvalue weighted by Crippen LogP contribution is -2.38. The summed E-state index contributed by atoms with van der Waals surface area (Å²) in [5.74, 6) is -1.24. The van der Waals surface area contributed by atoms with Gasteiger partial charge in [-0.2, -0.15) is 0 Å². The molecule has 0 bridgehead atoms. The number of carboxylic acids is 1. The number of aliphatic carboxylic acids is 1. The second-order valence-corrected chi connectivity index (χ2v) is 5.38. The van der Waals surface area contributed by atoms with E-state index in [1.807, 2.05) is 30.3 Å². The van der Waals surface area contributed by atoms with E-state index in [-0.39, 0.29) is 11.3 Å². The van der Waals surface area contributed by atoms with E-state index in [4.69, 9.17) is 5.11 Å². The van der Waals surface area contributed by atoms with Crippen LogP contribution in [0.25, 0.3) is 0 Å². The van der Waals surface area contributed by atoms with Gasteiger partial charge < -0.3 is 10.4 Å². The molecule has 0 aliphatic carbocycles. The number of benzene rings is 1. The normalized spacial score (nSPS) is 12.8. The molecule has 1 amide bonds. The Bertz CT molecular complexity index is 440. The average Bonchev–Trinajstić information content (AvgIpc) is 2.37. The quantitative estimate of drug-likeness (QED) is 0.827. The molecule has 4 heteroatoms. The smallest absolute Gasteiger partial charge is 0.325 e. The zero-order valence-electron chi connectivity index (χ0n) is 11.6. The topological polar surface area (TPSA) is 66.4 Å². The largest absolute Gasteiger partial charge is 0.480 e. The molecule has 0 spiro atoms. The van der Waals surface area contributed by atoms with Crippen LogP contribution in [0.2, 0.25) is 0 Å². The van der Waals surface area contributed by atoms with Gasteiger partial charge in [0, 0.05) is 6.42 Å². The van der Waals surface area contributed by atoms with Crippen LogP contribution in [-0.4, -0.2) is 23.0 Å². The molecule has 1 aromatic rings. The summed E-state index contributed by atoms with van der Waals surface area (Å²) in [6.07, 6.45) is 0.995. The predicted molar refractivity (Wildman–Crippen MR) is 73.9 cm³/mol. The summed E-state index contributed by atoms with van der Waals surface area (Å²) >= 11 is 0. The fraction of sp³-hybridized carbons (Fsp3) is 0.467. The van der Waals surface area contributed by atoms with Crippen LogP contribution in [0.5, 0.6) is 0 Å². The molecule has 0 radical (unpaired) electrons. The van der Waals surface area contributed by atoms with E-state index in [0.29, 0.717) is 12.8 Å². The first-order valence-corrected chi connectivity index (χ1v) is 6.40. The molecule has 1 atom stereocenters. The van der Waals surface area contributed by atoms with Crippen LogP contribution in [0.1, 0.15) is 39.2 Å². The van der Waals surface area contributed by atoms with Crippen LogP contribution in [0.4, 0.5) is 0 Å². The number of carboxylic acid groups (broad SMARTS) is 1. The fourth-order valence-electron chi connectivity index (χ4n) is 1.84. The Morgan fingerprint density at radius 3 is 2.37 bits per heavy atom. The van der Waals surface area contributed by atoms with E-state index in [1.165, 1.54) is 12.5 Å². The van der Waals surface area contributed by atoms with Crippen molar-refractivity contribution in [1.29, 1.82) is 0 Å². The van der Waals surface area contributed by atoms with Gasteiger partial charge in [0.25, 0.3) is 0 Å². The summed E-state index contributed by atoms with van der Waals surface area (Å²) in [7, 11) is 0. The molecule has 1 rings (SSSR count). The lowest BCUT2D eigenvalue weighted by Gasteiger charge is -2.25.